The molecule has 3 nitrogen and oxygen atoms in total. The van der Waals surface area contributed by atoms with Crippen LogP contribution in [0, 0.1) is 5.82 Å². The smallest absolute Gasteiger partial charge is 0.123 e. The lowest BCUT2D eigenvalue weighted by molar-refractivity contribution is -0.0277. The molecule has 1 aliphatic rings. The van der Waals surface area contributed by atoms with E-state index in [9.17, 15) is 4.39 Å². The number of morpholine rings is 1. The summed E-state index contributed by atoms with van der Waals surface area (Å²) in [5.41, 5.74) is 7.96. The molecule has 1 atom stereocenters. The largest absolute Gasteiger partial charge is 0.372 e. The first-order valence-corrected chi connectivity index (χ1v) is 7.34. The van der Waals surface area contributed by atoms with Crippen molar-refractivity contribution >= 4 is 5.69 Å². The Morgan fingerprint density at radius 1 is 1.45 bits per heavy atom. The first-order valence-electron chi connectivity index (χ1n) is 7.34. The summed E-state index contributed by atoms with van der Waals surface area (Å²) in [4.78, 5) is 2.28. The maximum atomic E-state index is 13.5. The van der Waals surface area contributed by atoms with Crippen molar-refractivity contribution in [1.82, 2.24) is 0 Å². The summed E-state index contributed by atoms with van der Waals surface area (Å²) in [5.74, 6) is -0.195. The number of nitrogens with zero attached hydrogens (tertiary/aromatic N) is 1. The van der Waals surface area contributed by atoms with E-state index in [1.54, 1.807) is 6.07 Å². The van der Waals surface area contributed by atoms with Gasteiger partial charge in [0.05, 0.1) is 12.2 Å². The number of ether oxygens (including phenoxy) is 1. The van der Waals surface area contributed by atoms with Crippen LogP contribution in [0.4, 0.5) is 10.1 Å². The van der Waals surface area contributed by atoms with Crippen molar-refractivity contribution in [2.75, 3.05) is 24.6 Å². The van der Waals surface area contributed by atoms with Gasteiger partial charge in [-0.2, -0.15) is 0 Å². The lowest BCUT2D eigenvalue weighted by Gasteiger charge is -2.40. The lowest BCUT2D eigenvalue weighted by Crippen LogP contribution is -2.48. The molecule has 1 fully saturated rings. The number of hydrogen-bond acceptors (Lipinski definition) is 3. The maximum Gasteiger partial charge on any atom is 0.123 e. The highest BCUT2D eigenvalue weighted by Crippen LogP contribution is 2.28. The fourth-order valence-corrected chi connectivity index (χ4v) is 2.67. The summed E-state index contributed by atoms with van der Waals surface area (Å²) in [5, 5.41) is 0. The second-order valence-corrected chi connectivity index (χ2v) is 6.18. The van der Waals surface area contributed by atoms with Gasteiger partial charge >= 0.3 is 0 Å². The normalized spacial score (nSPS) is 19.9. The van der Waals surface area contributed by atoms with Crippen molar-refractivity contribution in [1.29, 1.82) is 0 Å². The topological polar surface area (TPSA) is 38.5 Å². The van der Waals surface area contributed by atoms with Crippen LogP contribution in [0.2, 0.25) is 0 Å². The van der Waals surface area contributed by atoms with Crippen molar-refractivity contribution in [3.05, 3.63) is 29.6 Å². The van der Waals surface area contributed by atoms with E-state index in [2.05, 4.69) is 25.7 Å². The molecule has 0 saturated carbocycles. The van der Waals surface area contributed by atoms with Crippen LogP contribution in [0.15, 0.2) is 18.2 Å². The van der Waals surface area contributed by atoms with E-state index in [0.29, 0.717) is 13.0 Å². The highest BCUT2D eigenvalue weighted by Gasteiger charge is 2.28. The van der Waals surface area contributed by atoms with Gasteiger partial charge in [0.1, 0.15) is 5.82 Å². The van der Waals surface area contributed by atoms with Crippen LogP contribution < -0.4 is 10.6 Å². The number of benzene rings is 1. The van der Waals surface area contributed by atoms with Crippen molar-refractivity contribution in [3.63, 3.8) is 0 Å². The van der Waals surface area contributed by atoms with Crippen molar-refractivity contribution in [2.24, 2.45) is 5.73 Å². The molecule has 0 amide bonds. The average Bonchev–Trinajstić information content (AvgIpc) is 2.37. The molecule has 2 N–H and O–H groups in total. The first-order chi connectivity index (χ1) is 9.41. The molecular formula is C16H25FN2O. The summed E-state index contributed by atoms with van der Waals surface area (Å²) in [6.07, 6.45) is 1.60. The molecule has 1 heterocycles. The van der Waals surface area contributed by atoms with Gasteiger partial charge < -0.3 is 15.4 Å². The van der Waals surface area contributed by atoms with Crippen LogP contribution in [-0.4, -0.2) is 31.3 Å². The maximum absolute atomic E-state index is 13.5. The SMILES string of the molecule is CCC(N)Cc1cc(F)ccc1N1CCOC(C)(C)C1. The fourth-order valence-electron chi connectivity index (χ4n) is 2.67. The van der Waals surface area contributed by atoms with E-state index in [0.717, 1.165) is 30.8 Å². The Morgan fingerprint density at radius 2 is 2.20 bits per heavy atom. The van der Waals surface area contributed by atoms with Crippen molar-refractivity contribution in [3.8, 4) is 0 Å². The van der Waals surface area contributed by atoms with Crippen LogP contribution in [-0.2, 0) is 11.2 Å². The summed E-state index contributed by atoms with van der Waals surface area (Å²) in [7, 11) is 0. The summed E-state index contributed by atoms with van der Waals surface area (Å²) in [6.45, 7) is 8.57. The molecule has 1 aromatic carbocycles. The second kappa shape index (κ2) is 6.10. The van der Waals surface area contributed by atoms with Gasteiger partial charge in [0.2, 0.25) is 0 Å². The molecule has 1 aromatic rings. The third-order valence-electron chi connectivity index (χ3n) is 3.81. The molecule has 4 heteroatoms. The number of rotatable bonds is 4. The van der Waals surface area contributed by atoms with Crippen molar-refractivity contribution < 1.29 is 9.13 Å². The number of hydrogen-bond donors (Lipinski definition) is 1. The minimum Gasteiger partial charge on any atom is -0.372 e. The Morgan fingerprint density at radius 3 is 2.85 bits per heavy atom. The van der Waals surface area contributed by atoms with Gasteiger partial charge in [0, 0.05) is 24.8 Å². The van der Waals surface area contributed by atoms with Gasteiger partial charge in [-0.1, -0.05) is 6.92 Å². The van der Waals surface area contributed by atoms with Crippen LogP contribution in [0.3, 0.4) is 0 Å². The zero-order chi connectivity index (χ0) is 14.8. The first kappa shape index (κ1) is 15.3. The summed E-state index contributed by atoms with van der Waals surface area (Å²) >= 11 is 0. The van der Waals surface area contributed by atoms with Gasteiger partial charge in [-0.05, 0) is 50.5 Å². The predicted molar refractivity (Wildman–Crippen MR) is 80.6 cm³/mol. The van der Waals surface area contributed by atoms with Gasteiger partial charge in [-0.25, -0.2) is 4.39 Å². The molecule has 20 heavy (non-hydrogen) atoms. The van der Waals surface area contributed by atoms with E-state index >= 15 is 0 Å². The highest BCUT2D eigenvalue weighted by molar-refractivity contribution is 5.55. The standard InChI is InChI=1S/C16H25FN2O/c1-4-14(18)10-12-9-13(17)5-6-15(12)19-7-8-20-16(2,3)11-19/h5-6,9,14H,4,7-8,10-11,18H2,1-3H3. The molecule has 0 bridgehead atoms. The minimum atomic E-state index is -0.195. The molecule has 112 valence electrons. The zero-order valence-electron chi connectivity index (χ0n) is 12.7. The number of anilines is 1. The number of halogens is 1. The zero-order valence-corrected chi connectivity index (χ0v) is 12.7. The van der Waals surface area contributed by atoms with Crippen LogP contribution in [0.25, 0.3) is 0 Å². The summed E-state index contributed by atoms with van der Waals surface area (Å²) in [6, 6.07) is 5.09. The van der Waals surface area contributed by atoms with E-state index in [4.69, 9.17) is 10.5 Å². The van der Waals surface area contributed by atoms with E-state index in [-0.39, 0.29) is 17.5 Å². The highest BCUT2D eigenvalue weighted by atomic mass is 19.1. The molecule has 2 rings (SSSR count). The minimum absolute atomic E-state index is 0.0737. The van der Waals surface area contributed by atoms with Crippen LogP contribution in [0.1, 0.15) is 32.8 Å². The third kappa shape index (κ3) is 3.70. The predicted octanol–water partition coefficient (Wildman–Crippen LogP) is 2.72. The van der Waals surface area contributed by atoms with Gasteiger partial charge in [-0.15, -0.1) is 0 Å². The Balaban J connectivity index is 2.26. The summed E-state index contributed by atoms with van der Waals surface area (Å²) < 4.78 is 19.3. The quantitative estimate of drug-likeness (QED) is 0.921. The van der Waals surface area contributed by atoms with Crippen LogP contribution in [0.5, 0.6) is 0 Å². The number of nitrogens with two attached hydrogens (primary N) is 1. The van der Waals surface area contributed by atoms with Crippen molar-refractivity contribution in [2.45, 2.75) is 45.3 Å². The Bertz CT molecular complexity index is 462. The molecular weight excluding hydrogens is 255 g/mol. The average molecular weight is 280 g/mol. The van der Waals surface area contributed by atoms with E-state index < -0.39 is 0 Å². The molecule has 0 spiro atoms. The lowest BCUT2D eigenvalue weighted by atomic mass is 10.00. The Kier molecular flexibility index (Phi) is 4.66. The molecule has 0 radical (unpaired) electrons. The van der Waals surface area contributed by atoms with E-state index in [1.165, 1.54) is 6.07 Å². The third-order valence-corrected chi connectivity index (χ3v) is 3.81. The molecule has 1 unspecified atom stereocenters. The molecule has 1 saturated heterocycles. The van der Waals surface area contributed by atoms with Gasteiger partial charge in [0.15, 0.2) is 0 Å². The second-order valence-electron chi connectivity index (χ2n) is 6.18. The monoisotopic (exact) mass is 280 g/mol. The molecule has 0 aromatic heterocycles. The molecule has 1 aliphatic heterocycles. The molecule has 0 aliphatic carbocycles. The van der Waals surface area contributed by atoms with Gasteiger partial charge in [-0.3, -0.25) is 0 Å². The van der Waals surface area contributed by atoms with Crippen LogP contribution >= 0.6 is 0 Å². The Hall–Kier alpha value is -1.13. The fraction of sp³-hybridized carbons (Fsp3) is 0.625. The Labute approximate surface area is 120 Å². The van der Waals surface area contributed by atoms with Gasteiger partial charge in [0.25, 0.3) is 0 Å². The van der Waals surface area contributed by atoms with E-state index in [1.807, 2.05) is 6.07 Å².